The molecule has 0 spiro atoms. The molecule has 2 saturated heterocycles. The molecule has 1 aromatic heterocycles. The van der Waals surface area contributed by atoms with Gasteiger partial charge in [-0.1, -0.05) is 6.07 Å². The van der Waals surface area contributed by atoms with Crippen molar-refractivity contribution in [3.8, 4) is 0 Å². The summed E-state index contributed by atoms with van der Waals surface area (Å²) in [7, 11) is -3.78. The first-order valence-corrected chi connectivity index (χ1v) is 12.2. The van der Waals surface area contributed by atoms with E-state index in [0.717, 1.165) is 0 Å². The fourth-order valence-electron chi connectivity index (χ4n) is 4.03. The number of benzene rings is 1. The maximum Gasteiger partial charge on any atom is 0.289 e. The van der Waals surface area contributed by atoms with E-state index in [-0.39, 0.29) is 47.0 Å². The first-order chi connectivity index (χ1) is 15.8. The summed E-state index contributed by atoms with van der Waals surface area (Å²) >= 11 is 0. The van der Waals surface area contributed by atoms with Crippen molar-refractivity contribution in [2.24, 2.45) is 0 Å². The monoisotopic (exact) mass is 474 g/mol. The molecule has 0 atom stereocenters. The highest BCUT2D eigenvalue weighted by atomic mass is 32.2. The van der Waals surface area contributed by atoms with Crippen LogP contribution in [0.1, 0.15) is 27.8 Å². The van der Waals surface area contributed by atoms with Crippen LogP contribution in [0, 0.1) is 0 Å². The number of piperazine rings is 2. The lowest BCUT2D eigenvalue weighted by atomic mass is 10.2. The van der Waals surface area contributed by atoms with E-state index in [1.54, 1.807) is 39.0 Å². The second-order valence-corrected chi connectivity index (χ2v) is 9.94. The standard InChI is InChI=1S/C22H26N4O6S/c1-17(27)23-11-13-26(14-12-23)33(30,31)19-5-2-4-18(16-19)21(28)24-7-9-25(10-8-24)22(29)20-6-3-15-32-20/h2-6,15-16H,7-14H2,1H3. The minimum atomic E-state index is -3.78. The van der Waals surface area contributed by atoms with Crippen LogP contribution >= 0.6 is 0 Å². The molecule has 1 aromatic carbocycles. The van der Waals surface area contributed by atoms with Gasteiger partial charge in [0.05, 0.1) is 11.2 Å². The van der Waals surface area contributed by atoms with Crippen LogP contribution in [0.3, 0.4) is 0 Å². The molecule has 10 nitrogen and oxygen atoms in total. The van der Waals surface area contributed by atoms with Gasteiger partial charge in [0.15, 0.2) is 5.76 Å². The molecule has 4 rings (SSSR count). The van der Waals surface area contributed by atoms with Crippen LogP contribution < -0.4 is 0 Å². The highest BCUT2D eigenvalue weighted by Crippen LogP contribution is 2.20. The summed E-state index contributed by atoms with van der Waals surface area (Å²) in [6.45, 7) is 3.99. The third kappa shape index (κ3) is 4.79. The van der Waals surface area contributed by atoms with Gasteiger partial charge in [0.2, 0.25) is 15.9 Å². The summed E-state index contributed by atoms with van der Waals surface area (Å²) < 4.78 is 32.7. The fourth-order valence-corrected chi connectivity index (χ4v) is 5.50. The van der Waals surface area contributed by atoms with Gasteiger partial charge >= 0.3 is 0 Å². The molecule has 2 fully saturated rings. The van der Waals surface area contributed by atoms with Gasteiger partial charge in [-0.25, -0.2) is 8.42 Å². The molecule has 0 bridgehead atoms. The minimum Gasteiger partial charge on any atom is -0.459 e. The largest absolute Gasteiger partial charge is 0.459 e. The number of hydrogen-bond donors (Lipinski definition) is 0. The van der Waals surface area contributed by atoms with Gasteiger partial charge in [0.25, 0.3) is 11.8 Å². The van der Waals surface area contributed by atoms with Crippen molar-refractivity contribution in [2.45, 2.75) is 11.8 Å². The summed E-state index contributed by atoms with van der Waals surface area (Å²) in [5.74, 6) is -0.314. The molecule has 11 heteroatoms. The highest BCUT2D eigenvalue weighted by Gasteiger charge is 2.31. The number of nitrogens with zero attached hydrogens (tertiary/aromatic N) is 4. The maximum absolute atomic E-state index is 13.1. The molecule has 0 unspecified atom stereocenters. The molecule has 0 aliphatic carbocycles. The Morgan fingerprint density at radius 1 is 0.788 bits per heavy atom. The third-order valence-corrected chi connectivity index (χ3v) is 7.88. The molecular weight excluding hydrogens is 448 g/mol. The molecule has 2 aliphatic rings. The van der Waals surface area contributed by atoms with Gasteiger partial charge in [0, 0.05) is 64.8 Å². The molecule has 2 aliphatic heterocycles. The molecule has 2 aromatic rings. The molecule has 33 heavy (non-hydrogen) atoms. The van der Waals surface area contributed by atoms with E-state index in [1.165, 1.54) is 29.6 Å². The van der Waals surface area contributed by atoms with E-state index in [1.807, 2.05) is 0 Å². The predicted octanol–water partition coefficient (Wildman–Crippen LogP) is 0.731. The lowest BCUT2D eigenvalue weighted by Crippen LogP contribution is -2.50. The first-order valence-electron chi connectivity index (χ1n) is 10.7. The van der Waals surface area contributed by atoms with Crippen molar-refractivity contribution in [3.05, 3.63) is 54.0 Å². The van der Waals surface area contributed by atoms with Crippen LogP contribution in [0.4, 0.5) is 0 Å². The number of sulfonamides is 1. The van der Waals surface area contributed by atoms with Crippen molar-refractivity contribution < 1.29 is 27.2 Å². The molecular formula is C22H26N4O6S. The summed E-state index contributed by atoms with van der Waals surface area (Å²) in [4.78, 5) is 41.8. The fraction of sp³-hybridized carbons (Fsp3) is 0.409. The smallest absolute Gasteiger partial charge is 0.289 e. The second-order valence-electron chi connectivity index (χ2n) is 8.00. The van der Waals surface area contributed by atoms with E-state index >= 15 is 0 Å². The van der Waals surface area contributed by atoms with Crippen LogP contribution in [-0.2, 0) is 14.8 Å². The van der Waals surface area contributed by atoms with Crippen LogP contribution in [0.25, 0.3) is 0 Å². The van der Waals surface area contributed by atoms with Crippen LogP contribution in [0.5, 0.6) is 0 Å². The van der Waals surface area contributed by atoms with Crippen molar-refractivity contribution in [1.82, 2.24) is 19.0 Å². The van der Waals surface area contributed by atoms with E-state index in [0.29, 0.717) is 39.3 Å². The van der Waals surface area contributed by atoms with Gasteiger partial charge in [0.1, 0.15) is 0 Å². The number of amides is 3. The maximum atomic E-state index is 13.1. The zero-order valence-corrected chi connectivity index (χ0v) is 19.2. The molecule has 176 valence electrons. The Labute approximate surface area is 192 Å². The molecule has 0 radical (unpaired) electrons. The summed E-state index contributed by atoms with van der Waals surface area (Å²) in [5.41, 5.74) is 0.282. The van der Waals surface area contributed by atoms with Crippen LogP contribution in [0.15, 0.2) is 52.0 Å². The average Bonchev–Trinajstić information content (AvgIpc) is 3.38. The lowest BCUT2D eigenvalue weighted by Gasteiger charge is -2.34. The van der Waals surface area contributed by atoms with Gasteiger partial charge in [-0.2, -0.15) is 4.31 Å². The number of carbonyl (C=O) groups excluding carboxylic acids is 3. The van der Waals surface area contributed by atoms with E-state index in [4.69, 9.17) is 4.42 Å². The van der Waals surface area contributed by atoms with Crippen molar-refractivity contribution >= 4 is 27.7 Å². The Hall–Kier alpha value is -3.18. The summed E-state index contributed by atoms with van der Waals surface area (Å²) in [5, 5.41) is 0. The zero-order chi connectivity index (χ0) is 23.6. The Morgan fingerprint density at radius 3 is 1.97 bits per heavy atom. The summed E-state index contributed by atoms with van der Waals surface area (Å²) in [6, 6.07) is 9.28. The second kappa shape index (κ2) is 9.36. The van der Waals surface area contributed by atoms with Crippen molar-refractivity contribution in [1.29, 1.82) is 0 Å². The quantitative estimate of drug-likeness (QED) is 0.646. The zero-order valence-electron chi connectivity index (χ0n) is 18.3. The van der Waals surface area contributed by atoms with Gasteiger partial charge in [-0.05, 0) is 30.3 Å². The topological polar surface area (TPSA) is 111 Å². The molecule has 0 N–H and O–H groups in total. The molecule has 3 heterocycles. The van der Waals surface area contributed by atoms with Gasteiger partial charge in [-0.3, -0.25) is 14.4 Å². The van der Waals surface area contributed by atoms with Gasteiger partial charge in [-0.15, -0.1) is 0 Å². The van der Waals surface area contributed by atoms with E-state index in [2.05, 4.69) is 0 Å². The predicted molar refractivity (Wildman–Crippen MR) is 118 cm³/mol. The van der Waals surface area contributed by atoms with E-state index < -0.39 is 10.0 Å². The average molecular weight is 475 g/mol. The van der Waals surface area contributed by atoms with Crippen molar-refractivity contribution in [3.63, 3.8) is 0 Å². The Bertz CT molecular complexity index is 1130. The van der Waals surface area contributed by atoms with Crippen LogP contribution in [-0.4, -0.2) is 97.5 Å². The lowest BCUT2D eigenvalue weighted by molar-refractivity contribution is -0.129. The number of carbonyl (C=O) groups is 3. The Kier molecular flexibility index (Phi) is 6.52. The number of rotatable bonds is 4. The highest BCUT2D eigenvalue weighted by molar-refractivity contribution is 7.89. The van der Waals surface area contributed by atoms with E-state index in [9.17, 15) is 22.8 Å². The van der Waals surface area contributed by atoms with Crippen molar-refractivity contribution in [2.75, 3.05) is 52.4 Å². The Balaban J connectivity index is 1.41. The first kappa shape index (κ1) is 23.0. The molecule has 3 amide bonds. The third-order valence-electron chi connectivity index (χ3n) is 5.99. The van der Waals surface area contributed by atoms with Gasteiger partial charge < -0.3 is 19.1 Å². The Morgan fingerprint density at radius 2 is 1.39 bits per heavy atom. The normalized spacial score (nSPS) is 17.8. The minimum absolute atomic E-state index is 0.0521. The van der Waals surface area contributed by atoms with Crippen LogP contribution in [0.2, 0.25) is 0 Å². The number of hydrogen-bond acceptors (Lipinski definition) is 6. The molecule has 0 saturated carbocycles. The number of furan rings is 1. The summed E-state index contributed by atoms with van der Waals surface area (Å²) in [6.07, 6.45) is 1.44. The SMILES string of the molecule is CC(=O)N1CCN(S(=O)(=O)c2cccc(C(=O)N3CCN(C(=O)c4ccco4)CC3)c2)CC1.